The minimum absolute atomic E-state index is 0.242. The van der Waals surface area contributed by atoms with E-state index >= 15 is 0 Å². The molecule has 3 rings (SSSR count). The number of aliphatic carboxylic acids is 1. The van der Waals surface area contributed by atoms with Crippen LogP contribution in [0.5, 0.6) is 0 Å². The summed E-state index contributed by atoms with van der Waals surface area (Å²) in [6.07, 6.45) is -6.15. The van der Waals surface area contributed by atoms with Gasteiger partial charge in [0.25, 0.3) is 0 Å². The van der Waals surface area contributed by atoms with E-state index < -0.39 is 78.7 Å². The molecule has 0 unspecified atom stereocenters. The maximum absolute atomic E-state index is 11.6. The lowest BCUT2D eigenvalue weighted by Crippen LogP contribution is -2.59. The molecule has 2 aliphatic heterocycles. The van der Waals surface area contributed by atoms with Crippen molar-refractivity contribution in [2.24, 2.45) is 5.92 Å². The van der Waals surface area contributed by atoms with Gasteiger partial charge in [0.1, 0.15) is 24.4 Å². The molecule has 2 heterocycles. The molecule has 0 saturated carbocycles. The number of thioether (sulfide) groups is 1. The summed E-state index contributed by atoms with van der Waals surface area (Å²) in [4.78, 5) is 12.4. The van der Waals surface area contributed by atoms with E-state index in [0.717, 1.165) is 4.90 Å². The number of carbonyl (C=O) groups is 1. The summed E-state index contributed by atoms with van der Waals surface area (Å²) < 4.78 is 11.5. The average molecular weight is 515 g/mol. The molecule has 0 bridgehead atoms. The lowest BCUT2D eigenvalue weighted by Gasteiger charge is -2.45. The van der Waals surface area contributed by atoms with Gasteiger partial charge >= 0.3 is 5.97 Å². The van der Waals surface area contributed by atoms with E-state index in [9.17, 15) is 40.5 Å². The molecule has 7 N–H and O–H groups in total. The first-order valence-corrected chi connectivity index (χ1v) is 12.4. The molecule has 2 fully saturated rings. The highest BCUT2D eigenvalue weighted by Crippen LogP contribution is 2.41. The molecule has 11 heteroatoms. The Hall–Kier alpha value is -1.54. The molecule has 0 radical (unpaired) electrons. The quantitative estimate of drug-likeness (QED) is 0.212. The summed E-state index contributed by atoms with van der Waals surface area (Å²) in [6, 6.07) is 9.13. The third-order valence-corrected chi connectivity index (χ3v) is 7.97. The van der Waals surface area contributed by atoms with E-state index in [1.165, 1.54) is 11.8 Å². The van der Waals surface area contributed by atoms with Crippen molar-refractivity contribution in [2.75, 3.05) is 6.61 Å². The van der Waals surface area contributed by atoms with Crippen LogP contribution in [0.1, 0.15) is 19.8 Å². The maximum atomic E-state index is 11.6. The lowest BCUT2D eigenvalue weighted by molar-refractivity contribution is -0.215. The van der Waals surface area contributed by atoms with E-state index in [1.807, 2.05) is 30.3 Å². The monoisotopic (exact) mass is 514 g/mol. The highest BCUT2D eigenvalue weighted by molar-refractivity contribution is 8.00. The predicted molar refractivity (Wildman–Crippen MR) is 126 cm³/mol. The lowest BCUT2D eigenvalue weighted by atomic mass is 9.83. The Morgan fingerprint density at radius 3 is 2.17 bits per heavy atom. The number of carboxylic acids is 1. The van der Waals surface area contributed by atoms with Crippen LogP contribution in [0.4, 0.5) is 0 Å². The Balaban J connectivity index is 1.76. The number of benzene rings is 1. The second-order valence-electron chi connectivity index (χ2n) is 8.94. The number of hydrogen-bond acceptors (Lipinski definition) is 10. The van der Waals surface area contributed by atoms with Gasteiger partial charge in [-0.1, -0.05) is 30.4 Å². The van der Waals surface area contributed by atoms with E-state index in [0.29, 0.717) is 0 Å². The summed E-state index contributed by atoms with van der Waals surface area (Å²) in [7, 11) is 0. The molecule has 35 heavy (non-hydrogen) atoms. The molecule has 0 aliphatic carbocycles. The Morgan fingerprint density at radius 1 is 0.943 bits per heavy atom. The first kappa shape index (κ1) is 28.0. The highest BCUT2D eigenvalue weighted by Gasteiger charge is 2.50. The molecule has 0 aromatic heterocycles. The van der Waals surface area contributed by atoms with Gasteiger partial charge in [-0.2, -0.15) is 0 Å². The van der Waals surface area contributed by atoms with Gasteiger partial charge in [0.15, 0.2) is 6.10 Å². The van der Waals surface area contributed by atoms with Crippen molar-refractivity contribution in [3.8, 4) is 0 Å². The third kappa shape index (κ3) is 6.62. The molecular formula is C24H34O10S. The number of aliphatic hydroxyl groups excluding tert-OH is 6. The minimum Gasteiger partial charge on any atom is -0.479 e. The number of carboxylic acid groups (broad SMARTS) is 1. The number of rotatable bonds is 9. The molecule has 1 aromatic carbocycles. The zero-order valence-corrected chi connectivity index (χ0v) is 20.1. The molecule has 2 saturated heterocycles. The highest BCUT2D eigenvalue weighted by atomic mass is 32.2. The van der Waals surface area contributed by atoms with Crippen LogP contribution in [0.25, 0.3) is 0 Å². The van der Waals surface area contributed by atoms with E-state index in [4.69, 9.17) is 9.47 Å². The Kier molecular flexibility index (Phi) is 10.1. The van der Waals surface area contributed by atoms with Gasteiger partial charge in [0.2, 0.25) is 0 Å². The van der Waals surface area contributed by atoms with Gasteiger partial charge in [-0.25, -0.2) is 4.79 Å². The van der Waals surface area contributed by atoms with Crippen molar-refractivity contribution in [1.29, 1.82) is 0 Å². The summed E-state index contributed by atoms with van der Waals surface area (Å²) in [5, 5.41) is 69.7. The van der Waals surface area contributed by atoms with Crippen LogP contribution in [-0.4, -0.2) is 109 Å². The number of ether oxygens (including phenoxy) is 2. The normalized spacial score (nSPS) is 38.9. The minimum atomic E-state index is -1.86. The standard InChI is InChI=1S/C24H34O10S/c1-12-18(26)22(30)20(28)14(33-12)9-5-6-10-15-23(35-13-7-3-2-4-8-13)17(21(29)24(31)32)19(27)16(11-25)34-15/h2-8,12,14-23,25-30H,9-11H2,1H3,(H,31,32)/b6-5-/t12-,14-,15-,16+,17+,18+,19+,20+,21+,22+,23-/m0/s1. The van der Waals surface area contributed by atoms with Gasteiger partial charge < -0.3 is 45.2 Å². The van der Waals surface area contributed by atoms with Gasteiger partial charge in [0, 0.05) is 16.1 Å². The van der Waals surface area contributed by atoms with Crippen molar-refractivity contribution in [3.63, 3.8) is 0 Å². The van der Waals surface area contributed by atoms with Crippen LogP contribution in [0.2, 0.25) is 0 Å². The van der Waals surface area contributed by atoms with Gasteiger partial charge in [-0.15, -0.1) is 11.8 Å². The van der Waals surface area contributed by atoms with Crippen LogP contribution in [0, 0.1) is 5.92 Å². The van der Waals surface area contributed by atoms with E-state index in [-0.39, 0.29) is 12.8 Å². The SMILES string of the molecule is C[C@@H]1O[C@@H](C/C=C\C[C@@H]2O[C@H](CO)[C@@H](O)[C@H]([C@@H](O)C(=O)O)[C@H]2Sc2ccccc2)[C@@H](O)[C@H](O)[C@@H]1O. The first-order valence-electron chi connectivity index (χ1n) is 11.6. The Morgan fingerprint density at radius 2 is 1.57 bits per heavy atom. The van der Waals surface area contributed by atoms with Crippen LogP contribution in [0.3, 0.4) is 0 Å². The fraction of sp³-hybridized carbons (Fsp3) is 0.625. The maximum Gasteiger partial charge on any atom is 0.332 e. The topological polar surface area (TPSA) is 177 Å². The molecule has 0 spiro atoms. The van der Waals surface area contributed by atoms with Crippen LogP contribution in [-0.2, 0) is 14.3 Å². The summed E-state index contributed by atoms with van der Waals surface area (Å²) in [5.74, 6) is -2.58. The van der Waals surface area contributed by atoms with Crippen molar-refractivity contribution in [1.82, 2.24) is 0 Å². The molecule has 196 valence electrons. The Labute approximate surface area is 207 Å². The Bertz CT molecular complexity index is 839. The number of aliphatic hydroxyl groups is 6. The molecular weight excluding hydrogens is 480 g/mol. The number of hydrogen-bond donors (Lipinski definition) is 7. The third-order valence-electron chi connectivity index (χ3n) is 6.54. The van der Waals surface area contributed by atoms with Gasteiger partial charge in [-0.05, 0) is 31.9 Å². The fourth-order valence-electron chi connectivity index (χ4n) is 4.55. The van der Waals surface area contributed by atoms with Crippen molar-refractivity contribution in [2.45, 2.75) is 84.8 Å². The fourth-order valence-corrected chi connectivity index (χ4v) is 5.97. The second-order valence-corrected chi connectivity index (χ2v) is 10.2. The molecule has 10 nitrogen and oxygen atoms in total. The smallest absolute Gasteiger partial charge is 0.332 e. The van der Waals surface area contributed by atoms with E-state index in [2.05, 4.69) is 0 Å². The first-order chi connectivity index (χ1) is 16.6. The van der Waals surface area contributed by atoms with Crippen molar-refractivity contribution in [3.05, 3.63) is 42.5 Å². The second kappa shape index (κ2) is 12.6. The van der Waals surface area contributed by atoms with Crippen LogP contribution < -0.4 is 0 Å². The van der Waals surface area contributed by atoms with Crippen LogP contribution >= 0.6 is 11.8 Å². The van der Waals surface area contributed by atoms with Crippen LogP contribution in [0.15, 0.2) is 47.4 Å². The largest absolute Gasteiger partial charge is 0.479 e. The summed E-state index contributed by atoms with van der Waals surface area (Å²) in [5.41, 5.74) is 0. The van der Waals surface area contributed by atoms with Crippen molar-refractivity contribution < 1.29 is 50.0 Å². The molecule has 2 aliphatic rings. The molecule has 0 amide bonds. The van der Waals surface area contributed by atoms with E-state index in [1.54, 1.807) is 19.1 Å². The van der Waals surface area contributed by atoms with Gasteiger partial charge in [-0.3, -0.25) is 0 Å². The average Bonchev–Trinajstić information content (AvgIpc) is 2.84. The summed E-state index contributed by atoms with van der Waals surface area (Å²) in [6.45, 7) is 1.05. The zero-order valence-electron chi connectivity index (χ0n) is 19.3. The predicted octanol–water partition coefficient (Wildman–Crippen LogP) is -0.464. The summed E-state index contributed by atoms with van der Waals surface area (Å²) >= 11 is 1.28. The van der Waals surface area contributed by atoms with Gasteiger partial charge in [0.05, 0.1) is 31.0 Å². The zero-order chi connectivity index (χ0) is 25.7. The molecule has 1 aromatic rings. The molecule has 11 atom stereocenters. The van der Waals surface area contributed by atoms with Crippen molar-refractivity contribution >= 4 is 17.7 Å².